The van der Waals surface area contributed by atoms with Crippen molar-refractivity contribution in [2.45, 2.75) is 50.4 Å². The molecule has 166 valence electrons. The zero-order chi connectivity index (χ0) is 22.4. The van der Waals surface area contributed by atoms with Crippen LogP contribution in [-0.4, -0.2) is 77.2 Å². The summed E-state index contributed by atoms with van der Waals surface area (Å²) in [6.07, 6.45) is 0.468. The summed E-state index contributed by atoms with van der Waals surface area (Å²) < 4.78 is 4.72. The fourth-order valence-electron chi connectivity index (χ4n) is 2.12. The predicted molar refractivity (Wildman–Crippen MR) is 108 cm³/mol. The lowest BCUT2D eigenvalue weighted by Gasteiger charge is -2.24. The van der Waals surface area contributed by atoms with Gasteiger partial charge in [0.05, 0.1) is 12.1 Å². The van der Waals surface area contributed by atoms with Crippen LogP contribution in [0.15, 0.2) is 12.7 Å². The van der Waals surface area contributed by atoms with E-state index in [1.54, 1.807) is 0 Å². The molecule has 0 aromatic heterocycles. The van der Waals surface area contributed by atoms with Crippen LogP contribution in [0.3, 0.4) is 0 Å². The number of carbonyl (C=O) groups excluding carboxylic acids is 3. The Bertz CT molecular complexity index is 574. The van der Waals surface area contributed by atoms with Gasteiger partial charge in [0, 0.05) is 12.3 Å². The number of ether oxygens (including phenoxy) is 1. The fourth-order valence-corrected chi connectivity index (χ4v) is 2.28. The standard InChI is InChI=1S/C17H30N4O7S/c1-3-8-28-17(27)19-7-5-4-6-12(16(25)26)20-15(24)13(10(2)22)21-14(23)11(18)9-29/h3,10-13,22,29H,1,4-9,18H2,2H3,(H,19,27)(H,20,24)(H,21,23)(H,25,26)/t10-,11+,12+,13+/m1/s1. The van der Waals surface area contributed by atoms with Gasteiger partial charge in [-0.15, -0.1) is 0 Å². The minimum Gasteiger partial charge on any atom is -0.480 e. The number of aliphatic carboxylic acids is 1. The maximum absolute atomic E-state index is 12.3. The molecule has 0 aromatic rings. The average Bonchev–Trinajstić information content (AvgIpc) is 2.67. The molecular formula is C17H30N4O7S. The molecule has 0 spiro atoms. The first-order valence-electron chi connectivity index (χ1n) is 9.03. The van der Waals surface area contributed by atoms with Crippen molar-refractivity contribution in [1.82, 2.24) is 16.0 Å². The zero-order valence-corrected chi connectivity index (χ0v) is 17.2. The van der Waals surface area contributed by atoms with Crippen LogP contribution < -0.4 is 21.7 Å². The highest BCUT2D eigenvalue weighted by atomic mass is 32.1. The van der Waals surface area contributed by atoms with Gasteiger partial charge in [-0.25, -0.2) is 9.59 Å². The molecule has 7 N–H and O–H groups in total. The third-order valence-electron chi connectivity index (χ3n) is 3.73. The summed E-state index contributed by atoms with van der Waals surface area (Å²) >= 11 is 3.88. The van der Waals surface area contributed by atoms with Crippen LogP contribution >= 0.6 is 12.6 Å². The molecule has 0 unspecified atom stereocenters. The van der Waals surface area contributed by atoms with Crippen LogP contribution in [0, 0.1) is 0 Å². The molecule has 4 atom stereocenters. The first kappa shape index (κ1) is 26.7. The molecule has 0 radical (unpaired) electrons. The monoisotopic (exact) mass is 434 g/mol. The first-order valence-corrected chi connectivity index (χ1v) is 9.66. The molecule has 29 heavy (non-hydrogen) atoms. The maximum atomic E-state index is 12.3. The number of unbranched alkanes of at least 4 members (excludes halogenated alkanes) is 1. The number of carboxylic acids is 1. The number of nitrogens with two attached hydrogens (primary N) is 1. The minimum atomic E-state index is -1.36. The molecule has 0 saturated carbocycles. The Morgan fingerprint density at radius 3 is 2.38 bits per heavy atom. The molecule has 0 fully saturated rings. The lowest BCUT2D eigenvalue weighted by atomic mass is 10.1. The number of amides is 3. The number of thiol groups is 1. The predicted octanol–water partition coefficient (Wildman–Crippen LogP) is -1.24. The molecule has 0 aromatic carbocycles. The van der Waals surface area contributed by atoms with E-state index in [9.17, 15) is 29.4 Å². The molecule has 0 rings (SSSR count). The lowest BCUT2D eigenvalue weighted by molar-refractivity contribution is -0.143. The SMILES string of the molecule is C=CCOC(=O)NCCCC[C@H](NC(=O)[C@@H](NC(=O)[C@@H](N)CS)[C@@H](C)O)C(=O)O. The molecular weight excluding hydrogens is 404 g/mol. The van der Waals surface area contributed by atoms with Crippen molar-refractivity contribution >= 4 is 36.5 Å². The van der Waals surface area contributed by atoms with Gasteiger partial charge in [0.15, 0.2) is 0 Å². The Balaban J connectivity index is 4.58. The summed E-state index contributed by atoms with van der Waals surface area (Å²) in [6, 6.07) is -3.57. The van der Waals surface area contributed by atoms with Crippen molar-refractivity contribution < 1.29 is 34.1 Å². The van der Waals surface area contributed by atoms with Gasteiger partial charge in [0.2, 0.25) is 11.8 Å². The first-order chi connectivity index (χ1) is 13.6. The fraction of sp³-hybridized carbons (Fsp3) is 0.647. The summed E-state index contributed by atoms with van der Waals surface area (Å²) in [7, 11) is 0. The normalized spacial score (nSPS) is 14.6. The number of carbonyl (C=O) groups is 4. The van der Waals surface area contributed by atoms with Crippen LogP contribution in [0.2, 0.25) is 0 Å². The number of rotatable bonds is 14. The van der Waals surface area contributed by atoms with Gasteiger partial charge >= 0.3 is 12.1 Å². The maximum Gasteiger partial charge on any atom is 0.407 e. The molecule has 11 nitrogen and oxygen atoms in total. The van der Waals surface area contributed by atoms with E-state index in [0.717, 1.165) is 0 Å². The molecule has 0 bridgehead atoms. The van der Waals surface area contributed by atoms with Gasteiger partial charge in [-0.2, -0.15) is 12.6 Å². The summed E-state index contributed by atoms with van der Waals surface area (Å²) in [4.78, 5) is 46.8. The van der Waals surface area contributed by atoms with Crippen molar-refractivity contribution in [3.05, 3.63) is 12.7 Å². The molecule has 12 heteroatoms. The molecule has 0 heterocycles. The van der Waals surface area contributed by atoms with E-state index in [4.69, 9.17) is 10.5 Å². The number of carboxylic acid groups (broad SMARTS) is 1. The second-order valence-electron chi connectivity index (χ2n) is 6.23. The van der Waals surface area contributed by atoms with E-state index in [-0.39, 0.29) is 25.3 Å². The number of alkyl carbamates (subject to hydrolysis) is 1. The summed E-state index contributed by atoms with van der Waals surface area (Å²) in [6.45, 7) is 5.04. The van der Waals surface area contributed by atoms with E-state index in [1.165, 1.54) is 13.0 Å². The van der Waals surface area contributed by atoms with E-state index in [2.05, 4.69) is 35.2 Å². The third kappa shape index (κ3) is 11.3. The quantitative estimate of drug-likeness (QED) is 0.101. The number of nitrogens with one attached hydrogen (secondary N) is 3. The molecule has 0 aliphatic rings. The van der Waals surface area contributed by atoms with E-state index < -0.39 is 48.1 Å². The highest BCUT2D eigenvalue weighted by molar-refractivity contribution is 7.80. The van der Waals surface area contributed by atoms with Crippen molar-refractivity contribution in [3.63, 3.8) is 0 Å². The van der Waals surface area contributed by atoms with Gasteiger partial charge in [0.1, 0.15) is 18.7 Å². The Hall–Kier alpha value is -2.31. The Kier molecular flexibility index (Phi) is 13.5. The number of aliphatic hydroxyl groups is 1. The van der Waals surface area contributed by atoms with Crippen molar-refractivity contribution in [2.24, 2.45) is 5.73 Å². The van der Waals surface area contributed by atoms with Gasteiger partial charge in [-0.3, -0.25) is 9.59 Å². The van der Waals surface area contributed by atoms with Crippen LogP contribution in [0.4, 0.5) is 4.79 Å². The van der Waals surface area contributed by atoms with Gasteiger partial charge in [0.25, 0.3) is 0 Å². The number of aliphatic hydroxyl groups excluding tert-OH is 1. The van der Waals surface area contributed by atoms with Gasteiger partial charge in [-0.05, 0) is 26.2 Å². The van der Waals surface area contributed by atoms with Gasteiger partial charge < -0.3 is 36.6 Å². The summed E-state index contributed by atoms with van der Waals surface area (Å²) in [5.41, 5.74) is 5.52. The molecule has 0 saturated heterocycles. The summed E-state index contributed by atoms with van der Waals surface area (Å²) in [5, 5.41) is 26.1. The Morgan fingerprint density at radius 2 is 1.86 bits per heavy atom. The second kappa shape index (κ2) is 14.7. The van der Waals surface area contributed by atoms with Crippen LogP contribution in [0.5, 0.6) is 0 Å². The van der Waals surface area contributed by atoms with Crippen LogP contribution in [0.1, 0.15) is 26.2 Å². The van der Waals surface area contributed by atoms with E-state index in [0.29, 0.717) is 12.8 Å². The molecule has 0 aliphatic heterocycles. The van der Waals surface area contributed by atoms with Gasteiger partial charge in [-0.1, -0.05) is 12.7 Å². The number of hydrogen-bond donors (Lipinski definition) is 7. The lowest BCUT2D eigenvalue weighted by Crippen LogP contribution is -2.58. The number of hydrogen-bond acceptors (Lipinski definition) is 8. The molecule has 3 amide bonds. The van der Waals surface area contributed by atoms with Crippen molar-refractivity contribution in [3.8, 4) is 0 Å². The topological polar surface area (TPSA) is 180 Å². The smallest absolute Gasteiger partial charge is 0.407 e. The van der Waals surface area contributed by atoms with Crippen molar-refractivity contribution in [1.29, 1.82) is 0 Å². The summed E-state index contributed by atoms with van der Waals surface area (Å²) in [5.74, 6) is -2.77. The second-order valence-corrected chi connectivity index (χ2v) is 6.59. The van der Waals surface area contributed by atoms with E-state index in [1.807, 2.05) is 0 Å². The highest BCUT2D eigenvalue weighted by Crippen LogP contribution is 2.04. The average molecular weight is 435 g/mol. The van der Waals surface area contributed by atoms with Crippen LogP contribution in [0.25, 0.3) is 0 Å². The Morgan fingerprint density at radius 1 is 1.21 bits per heavy atom. The minimum absolute atomic E-state index is 0.0346. The zero-order valence-electron chi connectivity index (χ0n) is 16.3. The highest BCUT2D eigenvalue weighted by Gasteiger charge is 2.30. The van der Waals surface area contributed by atoms with Crippen LogP contribution in [-0.2, 0) is 19.1 Å². The Labute approximate surface area is 174 Å². The van der Waals surface area contributed by atoms with Crippen molar-refractivity contribution in [2.75, 3.05) is 18.9 Å². The third-order valence-corrected chi connectivity index (χ3v) is 4.13. The largest absolute Gasteiger partial charge is 0.480 e. The van der Waals surface area contributed by atoms with E-state index >= 15 is 0 Å². The molecule has 0 aliphatic carbocycles.